The summed E-state index contributed by atoms with van der Waals surface area (Å²) in [5, 5.41) is -0.364. The van der Waals surface area contributed by atoms with Crippen LogP contribution in [0.4, 0.5) is 4.39 Å². The molecule has 0 bridgehead atoms. The first-order valence-corrected chi connectivity index (χ1v) is 6.52. The molecule has 2 nitrogen and oxygen atoms in total. The van der Waals surface area contributed by atoms with E-state index in [1.54, 1.807) is 13.8 Å². The van der Waals surface area contributed by atoms with Crippen LogP contribution in [0.1, 0.15) is 39.5 Å². The Bertz CT molecular complexity index is 273. The van der Waals surface area contributed by atoms with Crippen molar-refractivity contribution < 1.29 is 12.8 Å². The number of alkyl halides is 1. The van der Waals surface area contributed by atoms with E-state index in [4.69, 9.17) is 0 Å². The largest absolute Gasteiger partial charge is 0.243 e. The summed E-state index contributed by atoms with van der Waals surface area (Å²) in [6.45, 7) is 3.39. The van der Waals surface area contributed by atoms with Crippen molar-refractivity contribution in [2.24, 2.45) is 0 Å². The highest BCUT2D eigenvalue weighted by Crippen LogP contribution is 2.31. The van der Waals surface area contributed by atoms with Gasteiger partial charge in [-0.25, -0.2) is 12.8 Å². The second-order valence-corrected chi connectivity index (χ2v) is 6.43. The van der Waals surface area contributed by atoms with E-state index in [1.807, 2.05) is 0 Å². The summed E-state index contributed by atoms with van der Waals surface area (Å²) < 4.78 is 36.9. The maximum absolute atomic E-state index is 13.9. The van der Waals surface area contributed by atoms with E-state index in [-0.39, 0.29) is 11.0 Å². The second kappa shape index (κ2) is 3.56. The third kappa shape index (κ3) is 2.42. The number of hydrogen-bond acceptors (Lipinski definition) is 2. The van der Waals surface area contributed by atoms with Crippen LogP contribution < -0.4 is 0 Å². The Morgan fingerprint density at radius 2 is 2.15 bits per heavy atom. The number of sulfone groups is 1. The molecule has 0 aromatic heterocycles. The van der Waals surface area contributed by atoms with Crippen LogP contribution in [-0.2, 0) is 9.84 Å². The van der Waals surface area contributed by atoms with Crippen molar-refractivity contribution in [1.82, 2.24) is 0 Å². The molecule has 0 aromatic rings. The van der Waals surface area contributed by atoms with E-state index in [0.717, 1.165) is 0 Å². The molecule has 0 saturated carbocycles. The van der Waals surface area contributed by atoms with Gasteiger partial charge in [-0.05, 0) is 32.6 Å². The zero-order valence-electron chi connectivity index (χ0n) is 8.22. The smallest absolute Gasteiger partial charge is 0.156 e. The molecule has 1 aliphatic heterocycles. The quantitative estimate of drug-likeness (QED) is 0.661. The van der Waals surface area contributed by atoms with Gasteiger partial charge in [0.05, 0.1) is 11.0 Å². The molecular weight excluding hydrogens is 191 g/mol. The number of hydrogen-bond donors (Lipinski definition) is 0. The molecule has 0 aliphatic carbocycles. The van der Waals surface area contributed by atoms with Crippen LogP contribution in [-0.4, -0.2) is 25.1 Å². The predicted molar refractivity (Wildman–Crippen MR) is 51.2 cm³/mol. The molecule has 0 spiro atoms. The molecule has 0 amide bonds. The highest BCUT2D eigenvalue weighted by molar-refractivity contribution is 7.92. The molecule has 1 fully saturated rings. The summed E-state index contributed by atoms with van der Waals surface area (Å²) in [5.74, 6) is -0.280. The highest BCUT2D eigenvalue weighted by Gasteiger charge is 2.38. The fourth-order valence-electron chi connectivity index (χ4n) is 1.74. The van der Waals surface area contributed by atoms with Gasteiger partial charge in [-0.1, -0.05) is 6.92 Å². The Kier molecular flexibility index (Phi) is 3.00. The standard InChI is InChI=1S/C9H17FO2S/c1-3-9(10)6-4-5-8(2)13(11,12)7-9/h8H,3-7H2,1-2H3. The molecule has 1 saturated heterocycles. The van der Waals surface area contributed by atoms with Crippen LogP contribution in [0.3, 0.4) is 0 Å². The molecule has 13 heavy (non-hydrogen) atoms. The van der Waals surface area contributed by atoms with Crippen LogP contribution in [0.5, 0.6) is 0 Å². The topological polar surface area (TPSA) is 34.1 Å². The third-order valence-electron chi connectivity index (χ3n) is 2.94. The van der Waals surface area contributed by atoms with Gasteiger partial charge in [0, 0.05) is 0 Å². The Morgan fingerprint density at radius 1 is 1.54 bits per heavy atom. The van der Waals surface area contributed by atoms with E-state index in [9.17, 15) is 12.8 Å². The van der Waals surface area contributed by atoms with E-state index < -0.39 is 15.5 Å². The van der Waals surface area contributed by atoms with Gasteiger partial charge in [0.1, 0.15) is 5.67 Å². The van der Waals surface area contributed by atoms with Crippen LogP contribution in [0.15, 0.2) is 0 Å². The van der Waals surface area contributed by atoms with E-state index in [2.05, 4.69) is 0 Å². The molecule has 1 heterocycles. The summed E-state index contributed by atoms with van der Waals surface area (Å²) >= 11 is 0. The fraction of sp³-hybridized carbons (Fsp3) is 1.00. The summed E-state index contributed by atoms with van der Waals surface area (Å²) in [7, 11) is -3.19. The minimum atomic E-state index is -3.19. The third-order valence-corrected chi connectivity index (χ3v) is 5.32. The average Bonchev–Trinajstić information content (AvgIpc) is 2.11. The highest BCUT2D eigenvalue weighted by atomic mass is 32.2. The van der Waals surface area contributed by atoms with Gasteiger partial charge in [-0.15, -0.1) is 0 Å². The lowest BCUT2D eigenvalue weighted by molar-refractivity contribution is 0.171. The Labute approximate surface area is 79.4 Å². The summed E-state index contributed by atoms with van der Waals surface area (Å²) in [4.78, 5) is 0. The first-order valence-electron chi connectivity index (χ1n) is 4.80. The molecule has 4 heteroatoms. The van der Waals surface area contributed by atoms with Crippen molar-refractivity contribution in [3.05, 3.63) is 0 Å². The van der Waals surface area contributed by atoms with Crippen LogP contribution >= 0.6 is 0 Å². The first kappa shape index (κ1) is 11.0. The molecule has 1 aliphatic rings. The zero-order valence-corrected chi connectivity index (χ0v) is 9.03. The maximum Gasteiger partial charge on any atom is 0.156 e. The Balaban J connectivity index is 2.89. The molecule has 0 aromatic carbocycles. The SMILES string of the molecule is CCC1(F)CCCC(C)S(=O)(=O)C1. The first-order chi connectivity index (χ1) is 5.90. The van der Waals surface area contributed by atoms with Gasteiger partial charge in [0.25, 0.3) is 0 Å². The molecule has 78 valence electrons. The lowest BCUT2D eigenvalue weighted by Crippen LogP contribution is -2.32. The van der Waals surface area contributed by atoms with Crippen molar-refractivity contribution in [2.75, 3.05) is 5.75 Å². The second-order valence-electron chi connectivity index (χ2n) is 4.01. The minimum Gasteiger partial charge on any atom is -0.243 e. The summed E-state index contributed by atoms with van der Waals surface area (Å²) in [5.41, 5.74) is -1.47. The number of rotatable bonds is 1. The van der Waals surface area contributed by atoms with Crippen molar-refractivity contribution in [3.8, 4) is 0 Å². The Hall–Kier alpha value is -0.120. The van der Waals surface area contributed by atoms with Crippen LogP contribution in [0.25, 0.3) is 0 Å². The van der Waals surface area contributed by atoms with Gasteiger partial charge < -0.3 is 0 Å². The van der Waals surface area contributed by atoms with E-state index in [1.165, 1.54) is 0 Å². The zero-order chi connectivity index (χ0) is 10.1. The molecule has 0 radical (unpaired) electrons. The van der Waals surface area contributed by atoms with Gasteiger partial charge in [-0.2, -0.15) is 0 Å². The van der Waals surface area contributed by atoms with Crippen LogP contribution in [0, 0.1) is 0 Å². The van der Waals surface area contributed by atoms with Gasteiger partial charge in [0.2, 0.25) is 0 Å². The lowest BCUT2D eigenvalue weighted by atomic mass is 9.98. The van der Waals surface area contributed by atoms with Crippen molar-refractivity contribution >= 4 is 9.84 Å². The summed E-state index contributed by atoms with van der Waals surface area (Å²) in [6.07, 6.45) is 1.99. The normalized spacial score (nSPS) is 39.8. The van der Waals surface area contributed by atoms with Crippen molar-refractivity contribution in [2.45, 2.75) is 50.4 Å². The minimum absolute atomic E-state index is 0.280. The van der Waals surface area contributed by atoms with E-state index >= 15 is 0 Å². The monoisotopic (exact) mass is 208 g/mol. The number of halogens is 1. The van der Waals surface area contributed by atoms with Gasteiger partial charge in [-0.3, -0.25) is 0 Å². The fourth-order valence-corrected chi connectivity index (χ4v) is 3.62. The maximum atomic E-state index is 13.9. The van der Waals surface area contributed by atoms with Gasteiger partial charge in [0.15, 0.2) is 9.84 Å². The van der Waals surface area contributed by atoms with E-state index in [0.29, 0.717) is 25.7 Å². The lowest BCUT2D eigenvalue weighted by Gasteiger charge is -2.20. The van der Waals surface area contributed by atoms with Gasteiger partial charge >= 0.3 is 0 Å². The molecule has 0 N–H and O–H groups in total. The van der Waals surface area contributed by atoms with Crippen molar-refractivity contribution in [1.29, 1.82) is 0 Å². The molecule has 1 rings (SSSR count). The van der Waals surface area contributed by atoms with Crippen LogP contribution in [0.2, 0.25) is 0 Å². The van der Waals surface area contributed by atoms with Crippen molar-refractivity contribution in [3.63, 3.8) is 0 Å². The Morgan fingerprint density at radius 3 is 2.69 bits per heavy atom. The summed E-state index contributed by atoms with van der Waals surface area (Å²) in [6, 6.07) is 0. The molecule has 2 unspecified atom stereocenters. The molecule has 2 atom stereocenters. The molecular formula is C9H17FO2S. The average molecular weight is 208 g/mol. The predicted octanol–water partition coefficient (Wildman–Crippen LogP) is 2.09.